The topological polar surface area (TPSA) is 73.6 Å². The van der Waals surface area contributed by atoms with Crippen molar-refractivity contribution in [3.8, 4) is 5.75 Å². The summed E-state index contributed by atoms with van der Waals surface area (Å²) in [4.78, 5) is 3.88. The normalized spacial score (nSPS) is 11.0. The monoisotopic (exact) mass is 235 g/mol. The number of para-hydroxylation sites is 1. The lowest BCUT2D eigenvalue weighted by atomic mass is 9.86. The van der Waals surface area contributed by atoms with E-state index in [-0.39, 0.29) is 11.4 Å². The van der Waals surface area contributed by atoms with E-state index in [9.17, 15) is 0 Å². The molecule has 0 bridgehead atoms. The lowest BCUT2D eigenvalue weighted by molar-refractivity contribution is 0.319. The van der Waals surface area contributed by atoms with Crippen molar-refractivity contribution in [2.75, 3.05) is 13.2 Å². The maximum atomic E-state index is 5.70. The molecule has 0 amide bonds. The molecule has 0 aliphatic carbocycles. The van der Waals surface area contributed by atoms with Gasteiger partial charge in [-0.1, -0.05) is 39.0 Å². The van der Waals surface area contributed by atoms with E-state index in [0.717, 1.165) is 5.75 Å². The first-order valence-electron chi connectivity index (χ1n) is 5.69. The summed E-state index contributed by atoms with van der Waals surface area (Å²) in [7, 11) is 0. The molecular formula is C13H21N3O. The number of hydrogen-bond acceptors (Lipinski definition) is 2. The van der Waals surface area contributed by atoms with Crippen molar-refractivity contribution in [2.45, 2.75) is 26.2 Å². The average molecular weight is 235 g/mol. The summed E-state index contributed by atoms with van der Waals surface area (Å²) in [6, 6.07) is 8.03. The van der Waals surface area contributed by atoms with E-state index < -0.39 is 0 Å². The molecule has 0 aliphatic rings. The van der Waals surface area contributed by atoms with Crippen LogP contribution in [0.5, 0.6) is 5.75 Å². The van der Waals surface area contributed by atoms with E-state index in [0.29, 0.717) is 13.2 Å². The Morgan fingerprint density at radius 2 is 1.88 bits per heavy atom. The van der Waals surface area contributed by atoms with Crippen molar-refractivity contribution in [3.63, 3.8) is 0 Å². The van der Waals surface area contributed by atoms with Crippen molar-refractivity contribution in [1.82, 2.24) is 0 Å². The Morgan fingerprint density at radius 3 is 2.47 bits per heavy atom. The van der Waals surface area contributed by atoms with Crippen molar-refractivity contribution >= 4 is 5.96 Å². The van der Waals surface area contributed by atoms with Gasteiger partial charge in [0.1, 0.15) is 12.4 Å². The summed E-state index contributed by atoms with van der Waals surface area (Å²) in [5.74, 6) is 0.989. The molecule has 4 N–H and O–H groups in total. The smallest absolute Gasteiger partial charge is 0.186 e. The Bertz CT molecular complexity index is 390. The number of benzene rings is 1. The Hall–Kier alpha value is -1.71. The largest absolute Gasteiger partial charge is 0.491 e. The summed E-state index contributed by atoms with van der Waals surface area (Å²) in [6.07, 6.45) is 0. The second-order valence-corrected chi connectivity index (χ2v) is 4.90. The maximum absolute atomic E-state index is 5.70. The van der Waals surface area contributed by atoms with Gasteiger partial charge < -0.3 is 16.2 Å². The highest BCUT2D eigenvalue weighted by molar-refractivity contribution is 5.75. The van der Waals surface area contributed by atoms with Gasteiger partial charge >= 0.3 is 0 Å². The number of guanidine groups is 1. The highest BCUT2D eigenvalue weighted by Gasteiger charge is 2.17. The average Bonchev–Trinajstić information content (AvgIpc) is 2.23. The minimum Gasteiger partial charge on any atom is -0.491 e. The molecule has 4 heteroatoms. The van der Waals surface area contributed by atoms with E-state index in [1.807, 2.05) is 18.2 Å². The van der Waals surface area contributed by atoms with Gasteiger partial charge in [-0.25, -0.2) is 0 Å². The molecule has 94 valence electrons. The quantitative estimate of drug-likeness (QED) is 0.473. The molecule has 17 heavy (non-hydrogen) atoms. The maximum Gasteiger partial charge on any atom is 0.186 e. The fraction of sp³-hybridized carbons (Fsp3) is 0.462. The number of nitrogens with zero attached hydrogens (tertiary/aromatic N) is 1. The highest BCUT2D eigenvalue weighted by atomic mass is 16.5. The fourth-order valence-corrected chi connectivity index (χ4v) is 1.54. The van der Waals surface area contributed by atoms with Crippen molar-refractivity contribution < 1.29 is 4.74 Å². The van der Waals surface area contributed by atoms with Gasteiger partial charge in [0.25, 0.3) is 0 Å². The molecule has 0 aromatic heterocycles. The number of nitrogens with two attached hydrogens (primary N) is 2. The Labute approximate surface area is 103 Å². The van der Waals surface area contributed by atoms with Crippen LogP contribution < -0.4 is 16.2 Å². The van der Waals surface area contributed by atoms with Crippen LogP contribution in [0.2, 0.25) is 0 Å². The van der Waals surface area contributed by atoms with E-state index in [4.69, 9.17) is 16.2 Å². The lowest BCUT2D eigenvalue weighted by Crippen LogP contribution is -2.23. The third kappa shape index (κ3) is 4.34. The molecular weight excluding hydrogens is 214 g/mol. The molecule has 0 spiro atoms. The third-order valence-corrected chi connectivity index (χ3v) is 2.34. The summed E-state index contributed by atoms with van der Waals surface area (Å²) in [5.41, 5.74) is 11.7. The molecule has 0 radical (unpaired) electrons. The Balaban J connectivity index is 2.68. The van der Waals surface area contributed by atoms with Crippen LogP contribution in [-0.4, -0.2) is 19.1 Å². The summed E-state index contributed by atoms with van der Waals surface area (Å²) < 4.78 is 5.70. The zero-order valence-corrected chi connectivity index (χ0v) is 10.7. The minimum absolute atomic E-state index is 0.0623. The number of rotatable bonds is 4. The molecule has 0 aliphatic heterocycles. The van der Waals surface area contributed by atoms with Crippen molar-refractivity contribution in [2.24, 2.45) is 16.5 Å². The first-order valence-corrected chi connectivity index (χ1v) is 5.69. The molecule has 0 atom stereocenters. The summed E-state index contributed by atoms with van der Waals surface area (Å²) in [5, 5.41) is 0. The van der Waals surface area contributed by atoms with Crippen LogP contribution in [0, 0.1) is 0 Å². The van der Waals surface area contributed by atoms with Crippen LogP contribution in [0.25, 0.3) is 0 Å². The first kappa shape index (κ1) is 13.4. The van der Waals surface area contributed by atoms with E-state index in [1.165, 1.54) is 5.56 Å². The number of aliphatic imine (C=N–C) groups is 1. The fourth-order valence-electron chi connectivity index (χ4n) is 1.54. The molecule has 0 saturated carbocycles. The van der Waals surface area contributed by atoms with E-state index >= 15 is 0 Å². The Morgan fingerprint density at radius 1 is 1.24 bits per heavy atom. The third-order valence-electron chi connectivity index (χ3n) is 2.34. The van der Waals surface area contributed by atoms with Crippen LogP contribution >= 0.6 is 0 Å². The van der Waals surface area contributed by atoms with Gasteiger partial charge in [0, 0.05) is 0 Å². The van der Waals surface area contributed by atoms with Crippen LogP contribution in [0.4, 0.5) is 0 Å². The minimum atomic E-state index is 0.0623. The van der Waals surface area contributed by atoms with Gasteiger partial charge in [0.05, 0.1) is 6.54 Å². The Kier molecular flexibility index (Phi) is 4.37. The predicted octanol–water partition coefficient (Wildman–Crippen LogP) is 1.64. The van der Waals surface area contributed by atoms with E-state index in [2.05, 4.69) is 31.8 Å². The molecule has 0 unspecified atom stereocenters. The first-order chi connectivity index (χ1) is 7.91. The second-order valence-electron chi connectivity index (χ2n) is 4.90. The van der Waals surface area contributed by atoms with Crippen LogP contribution in [0.15, 0.2) is 29.3 Å². The number of hydrogen-bond donors (Lipinski definition) is 2. The zero-order valence-electron chi connectivity index (χ0n) is 10.7. The zero-order chi connectivity index (χ0) is 12.9. The van der Waals surface area contributed by atoms with Crippen LogP contribution in [0.1, 0.15) is 26.3 Å². The molecule has 0 heterocycles. The molecule has 1 rings (SSSR count). The summed E-state index contributed by atoms with van der Waals surface area (Å²) >= 11 is 0. The summed E-state index contributed by atoms with van der Waals surface area (Å²) in [6.45, 7) is 7.42. The molecule has 0 fully saturated rings. The molecule has 0 saturated heterocycles. The van der Waals surface area contributed by atoms with Gasteiger partial charge in [-0.2, -0.15) is 0 Å². The second kappa shape index (κ2) is 5.57. The van der Waals surface area contributed by atoms with Crippen LogP contribution in [-0.2, 0) is 5.41 Å². The predicted molar refractivity (Wildman–Crippen MR) is 71.3 cm³/mol. The SMILES string of the molecule is CC(C)(C)c1ccccc1OCCN=C(N)N. The van der Waals surface area contributed by atoms with Crippen LogP contribution in [0.3, 0.4) is 0 Å². The molecule has 1 aromatic rings. The standard InChI is InChI=1S/C13H21N3O/c1-13(2,3)10-6-4-5-7-11(10)17-9-8-16-12(14)15/h4-7H,8-9H2,1-3H3,(H4,14,15,16). The molecule has 4 nitrogen and oxygen atoms in total. The van der Waals surface area contributed by atoms with Gasteiger partial charge in [0.15, 0.2) is 5.96 Å². The van der Waals surface area contributed by atoms with Gasteiger partial charge in [0.2, 0.25) is 0 Å². The van der Waals surface area contributed by atoms with Gasteiger partial charge in [-0.05, 0) is 17.0 Å². The van der Waals surface area contributed by atoms with Gasteiger partial charge in [-0.15, -0.1) is 0 Å². The highest BCUT2D eigenvalue weighted by Crippen LogP contribution is 2.30. The van der Waals surface area contributed by atoms with Gasteiger partial charge in [-0.3, -0.25) is 4.99 Å². The van der Waals surface area contributed by atoms with Crippen molar-refractivity contribution in [3.05, 3.63) is 29.8 Å². The number of ether oxygens (including phenoxy) is 1. The van der Waals surface area contributed by atoms with Crippen molar-refractivity contribution in [1.29, 1.82) is 0 Å². The lowest BCUT2D eigenvalue weighted by Gasteiger charge is -2.22. The molecule has 1 aromatic carbocycles. The van der Waals surface area contributed by atoms with E-state index in [1.54, 1.807) is 0 Å².